The van der Waals surface area contributed by atoms with Crippen LogP contribution in [-0.4, -0.2) is 35.4 Å². The predicted octanol–water partition coefficient (Wildman–Crippen LogP) is 2.89. The van der Waals surface area contributed by atoms with Gasteiger partial charge in [-0.25, -0.2) is 9.37 Å². The van der Waals surface area contributed by atoms with Gasteiger partial charge < -0.3 is 14.6 Å². The first-order valence-corrected chi connectivity index (χ1v) is 8.26. The number of hydrogen-bond acceptors (Lipinski definition) is 4. The van der Waals surface area contributed by atoms with E-state index in [1.807, 2.05) is 11.0 Å². The number of halogens is 2. The fourth-order valence-electron chi connectivity index (χ4n) is 4.11. The molecule has 1 aromatic heterocycles. The van der Waals surface area contributed by atoms with Gasteiger partial charge in [0.25, 0.3) is 5.91 Å². The zero-order valence-corrected chi connectivity index (χ0v) is 15.0. The molecule has 134 valence electrons. The molecule has 1 N–H and O–H groups in total. The summed E-state index contributed by atoms with van der Waals surface area (Å²) in [7, 11) is 0. The van der Waals surface area contributed by atoms with E-state index in [1.54, 1.807) is 19.9 Å². The van der Waals surface area contributed by atoms with Gasteiger partial charge in [-0.2, -0.15) is 0 Å². The zero-order valence-electron chi connectivity index (χ0n) is 14.2. The highest BCUT2D eigenvalue weighted by Crippen LogP contribution is 2.43. The number of carbonyl (C=O) groups is 1. The molecule has 3 heterocycles. The molecule has 2 saturated heterocycles. The minimum atomic E-state index is -0.277. The van der Waals surface area contributed by atoms with E-state index in [2.05, 4.69) is 10.3 Å². The van der Waals surface area contributed by atoms with Gasteiger partial charge in [0.2, 0.25) is 5.76 Å². The summed E-state index contributed by atoms with van der Waals surface area (Å²) in [4.78, 5) is 19.1. The molecule has 0 aliphatic carbocycles. The van der Waals surface area contributed by atoms with E-state index in [4.69, 9.17) is 4.42 Å². The third-order valence-corrected chi connectivity index (χ3v) is 5.11. The van der Waals surface area contributed by atoms with Crippen LogP contribution in [0.4, 0.5) is 4.39 Å². The quantitative estimate of drug-likeness (QED) is 0.889. The molecule has 3 atom stereocenters. The number of nitrogens with zero attached hydrogens (tertiary/aromatic N) is 2. The summed E-state index contributed by atoms with van der Waals surface area (Å²) in [6.07, 6.45) is 0. The number of amides is 1. The fourth-order valence-corrected chi connectivity index (χ4v) is 4.11. The Bertz CT molecular complexity index is 794. The average Bonchev–Trinajstić information content (AvgIpc) is 3.20. The first-order chi connectivity index (χ1) is 11.5. The van der Waals surface area contributed by atoms with Gasteiger partial charge in [-0.3, -0.25) is 4.79 Å². The number of aryl methyl sites for hydroxylation is 2. The van der Waals surface area contributed by atoms with Crippen LogP contribution in [0, 0.1) is 31.5 Å². The van der Waals surface area contributed by atoms with Gasteiger partial charge in [0.1, 0.15) is 5.82 Å². The molecular weight excluding hydrogens is 345 g/mol. The van der Waals surface area contributed by atoms with Crippen molar-refractivity contribution in [3.63, 3.8) is 0 Å². The van der Waals surface area contributed by atoms with E-state index in [9.17, 15) is 9.18 Å². The number of carbonyl (C=O) groups excluding carboxylic acids is 1. The second kappa shape index (κ2) is 6.77. The molecule has 2 aliphatic rings. The van der Waals surface area contributed by atoms with Crippen molar-refractivity contribution in [3.8, 4) is 0 Å². The molecule has 4 rings (SSSR count). The molecule has 5 nitrogen and oxygen atoms in total. The molecule has 0 bridgehead atoms. The van der Waals surface area contributed by atoms with Crippen LogP contribution in [0.15, 0.2) is 28.7 Å². The van der Waals surface area contributed by atoms with Crippen molar-refractivity contribution in [1.29, 1.82) is 0 Å². The number of rotatable bonds is 2. The summed E-state index contributed by atoms with van der Waals surface area (Å²) < 4.78 is 19.3. The van der Waals surface area contributed by atoms with E-state index >= 15 is 0 Å². The maximum Gasteiger partial charge on any atom is 0.292 e. The van der Waals surface area contributed by atoms with Crippen LogP contribution in [0.1, 0.15) is 33.7 Å². The summed E-state index contributed by atoms with van der Waals surface area (Å²) in [5.41, 5.74) is 1.44. The van der Waals surface area contributed by atoms with Gasteiger partial charge in [-0.15, -0.1) is 12.4 Å². The third kappa shape index (κ3) is 3.04. The summed E-state index contributed by atoms with van der Waals surface area (Å²) in [6.45, 7) is 5.88. The number of hydrogen-bond donors (Lipinski definition) is 1. The van der Waals surface area contributed by atoms with Crippen molar-refractivity contribution in [2.75, 3.05) is 19.6 Å². The van der Waals surface area contributed by atoms with Crippen LogP contribution in [0.5, 0.6) is 0 Å². The average molecular weight is 366 g/mol. The van der Waals surface area contributed by atoms with Gasteiger partial charge in [0.05, 0.1) is 11.7 Å². The lowest BCUT2D eigenvalue weighted by Gasteiger charge is -2.28. The Hall–Kier alpha value is -1.92. The Kier molecular flexibility index (Phi) is 4.84. The van der Waals surface area contributed by atoms with Gasteiger partial charge in [-0.05, 0) is 30.5 Å². The van der Waals surface area contributed by atoms with Crippen molar-refractivity contribution in [3.05, 3.63) is 53.0 Å². The number of aromatic nitrogens is 1. The fraction of sp³-hybridized carbons (Fsp3) is 0.444. The summed E-state index contributed by atoms with van der Waals surface area (Å²) in [6, 6.07) is 6.42. The number of likely N-dealkylation sites (tertiary alicyclic amines) is 1. The molecule has 0 saturated carbocycles. The summed E-state index contributed by atoms with van der Waals surface area (Å²) in [5.74, 6) is 1.02. The zero-order chi connectivity index (χ0) is 16.8. The molecule has 2 aromatic rings. The van der Waals surface area contributed by atoms with E-state index in [0.29, 0.717) is 35.7 Å². The molecule has 0 radical (unpaired) electrons. The molecule has 2 aliphatic heterocycles. The molecule has 7 heteroatoms. The van der Waals surface area contributed by atoms with Crippen LogP contribution in [0.25, 0.3) is 0 Å². The monoisotopic (exact) mass is 365 g/mol. The largest absolute Gasteiger partial charge is 0.436 e. The minimum Gasteiger partial charge on any atom is -0.436 e. The van der Waals surface area contributed by atoms with Crippen LogP contribution < -0.4 is 5.32 Å². The highest BCUT2D eigenvalue weighted by atomic mass is 35.5. The van der Waals surface area contributed by atoms with E-state index in [0.717, 1.165) is 18.7 Å². The molecule has 0 unspecified atom stereocenters. The Morgan fingerprint density at radius 2 is 2.16 bits per heavy atom. The number of fused-ring (bicyclic) bond motifs is 1. The Morgan fingerprint density at radius 1 is 1.36 bits per heavy atom. The van der Waals surface area contributed by atoms with Crippen LogP contribution >= 0.6 is 12.4 Å². The van der Waals surface area contributed by atoms with Crippen molar-refractivity contribution in [1.82, 2.24) is 15.2 Å². The van der Waals surface area contributed by atoms with Crippen LogP contribution in [0.3, 0.4) is 0 Å². The van der Waals surface area contributed by atoms with Crippen LogP contribution in [-0.2, 0) is 0 Å². The van der Waals surface area contributed by atoms with E-state index in [1.165, 1.54) is 12.1 Å². The van der Waals surface area contributed by atoms with E-state index in [-0.39, 0.29) is 30.2 Å². The van der Waals surface area contributed by atoms with E-state index < -0.39 is 0 Å². The predicted molar refractivity (Wildman–Crippen MR) is 93.3 cm³/mol. The Morgan fingerprint density at radius 3 is 2.84 bits per heavy atom. The van der Waals surface area contributed by atoms with Crippen molar-refractivity contribution >= 4 is 18.3 Å². The minimum absolute atomic E-state index is 0. The number of nitrogens with one attached hydrogen (secondary N) is 1. The molecule has 1 aromatic carbocycles. The lowest BCUT2D eigenvalue weighted by Crippen LogP contribution is -2.34. The normalized spacial score (nSPS) is 24.9. The summed E-state index contributed by atoms with van der Waals surface area (Å²) >= 11 is 0. The summed E-state index contributed by atoms with van der Waals surface area (Å²) in [5, 5.41) is 3.39. The Balaban J connectivity index is 0.00000182. The van der Waals surface area contributed by atoms with Gasteiger partial charge in [0.15, 0.2) is 5.89 Å². The highest BCUT2D eigenvalue weighted by Gasteiger charge is 2.47. The first-order valence-electron chi connectivity index (χ1n) is 8.26. The maximum atomic E-state index is 13.7. The van der Waals surface area contributed by atoms with Crippen molar-refractivity contribution in [2.45, 2.75) is 19.9 Å². The Labute approximate surface area is 152 Å². The SMILES string of the molecule is Cc1nc(C)c(C(=O)N2C[C@@H]3CNC[C@@H]3[C@H]2c2cccc(F)c2)o1.Cl. The van der Waals surface area contributed by atoms with Crippen LogP contribution in [0.2, 0.25) is 0 Å². The highest BCUT2D eigenvalue weighted by molar-refractivity contribution is 5.93. The topological polar surface area (TPSA) is 58.4 Å². The van der Waals surface area contributed by atoms with Crippen molar-refractivity contribution < 1.29 is 13.6 Å². The lowest BCUT2D eigenvalue weighted by atomic mass is 9.89. The van der Waals surface area contributed by atoms with Gasteiger partial charge in [-0.1, -0.05) is 12.1 Å². The second-order valence-electron chi connectivity index (χ2n) is 6.69. The van der Waals surface area contributed by atoms with Crippen molar-refractivity contribution in [2.24, 2.45) is 11.8 Å². The smallest absolute Gasteiger partial charge is 0.292 e. The van der Waals surface area contributed by atoms with Gasteiger partial charge >= 0.3 is 0 Å². The standard InChI is InChI=1S/C18H20FN3O2.ClH/c1-10-17(24-11(2)21-10)18(23)22-9-13-7-20-8-15(13)16(22)12-4-3-5-14(19)6-12;/h3-6,13,15-16,20H,7-9H2,1-2H3;1H/t13-,15-,16+;/m0./s1. The molecule has 2 fully saturated rings. The second-order valence-corrected chi connectivity index (χ2v) is 6.69. The van der Waals surface area contributed by atoms with Gasteiger partial charge in [0, 0.05) is 32.5 Å². The molecule has 25 heavy (non-hydrogen) atoms. The molecular formula is C18H21ClFN3O2. The number of benzene rings is 1. The molecule has 1 amide bonds. The lowest BCUT2D eigenvalue weighted by molar-refractivity contribution is 0.0679. The maximum absolute atomic E-state index is 13.7. The first kappa shape index (κ1) is 17.9. The third-order valence-electron chi connectivity index (χ3n) is 5.11. The number of oxazole rings is 1. The molecule has 0 spiro atoms.